The van der Waals surface area contributed by atoms with E-state index >= 15 is 0 Å². The molecule has 0 aliphatic carbocycles. The minimum atomic E-state index is -4.02. The Kier molecular flexibility index (Phi) is 8.71. The van der Waals surface area contributed by atoms with Gasteiger partial charge in [0, 0.05) is 18.1 Å². The fraction of sp³-hybridized carbons (Fsp3) is 0.280. The van der Waals surface area contributed by atoms with Crippen LogP contribution in [0.5, 0.6) is 5.75 Å². The maximum Gasteiger partial charge on any atom is 0.326 e. The molecule has 0 spiro atoms. The minimum absolute atomic E-state index is 0.0516. The lowest BCUT2D eigenvalue weighted by Crippen LogP contribution is -2.46. The topological polar surface area (TPSA) is 113 Å². The zero-order valence-corrected chi connectivity index (χ0v) is 20.5. The quantitative estimate of drug-likeness (QED) is 0.439. The Morgan fingerprint density at radius 2 is 1.86 bits per heavy atom. The van der Waals surface area contributed by atoms with Gasteiger partial charge in [0.2, 0.25) is 5.91 Å². The van der Waals surface area contributed by atoms with Crippen molar-refractivity contribution in [2.75, 3.05) is 19.7 Å². The van der Waals surface area contributed by atoms with Crippen molar-refractivity contribution in [1.82, 2.24) is 10.2 Å². The van der Waals surface area contributed by atoms with Gasteiger partial charge in [0.15, 0.2) is 9.84 Å². The number of sulfone groups is 1. The summed E-state index contributed by atoms with van der Waals surface area (Å²) in [5, 5.41) is 12.2. The van der Waals surface area contributed by atoms with Crippen molar-refractivity contribution < 1.29 is 27.9 Å². The molecule has 0 radical (unpaired) electrons. The first-order valence-corrected chi connectivity index (χ1v) is 12.8. The van der Waals surface area contributed by atoms with E-state index in [0.29, 0.717) is 10.6 Å². The highest BCUT2D eigenvalue weighted by Crippen LogP contribution is 2.34. The Balaban J connectivity index is 1.94. The highest BCUT2D eigenvalue weighted by atomic mass is 35.5. The number of carboxylic acid groups (broad SMARTS) is 1. The molecule has 2 aromatic carbocycles. The number of benzene rings is 2. The van der Waals surface area contributed by atoms with Crippen LogP contribution in [0.25, 0.3) is 0 Å². The zero-order chi connectivity index (χ0) is 25.6. The van der Waals surface area contributed by atoms with Crippen molar-refractivity contribution in [1.29, 1.82) is 0 Å². The summed E-state index contributed by atoms with van der Waals surface area (Å²) in [6, 6.07) is 10.5. The van der Waals surface area contributed by atoms with Gasteiger partial charge >= 0.3 is 5.97 Å². The largest absolute Gasteiger partial charge is 0.488 e. The lowest BCUT2D eigenvalue weighted by molar-refractivity contribution is -0.149. The minimum Gasteiger partial charge on any atom is -0.488 e. The summed E-state index contributed by atoms with van der Waals surface area (Å²) in [6.45, 7) is 7.33. The van der Waals surface area contributed by atoms with Gasteiger partial charge in [0.1, 0.15) is 29.3 Å². The number of amides is 1. The standard InChI is InChI=1S/C25H27ClN2O6S/c1-3-13-27-23(17-9-11-18(26)12-10-17)24(29)28-16-19(15-20(28)25(30)31)35(32,33)22-8-6-5-7-21(22)34-14-4-2/h3-12,19-20,23,27H,1-2,13-16H2,(H,30,31)/t19-,20+,23-/m1/s1. The van der Waals surface area contributed by atoms with E-state index in [1.54, 1.807) is 42.5 Å². The second-order valence-electron chi connectivity index (χ2n) is 7.98. The maximum atomic E-state index is 13.6. The number of rotatable bonds is 11. The lowest BCUT2D eigenvalue weighted by atomic mass is 10.0. The van der Waals surface area contributed by atoms with Crippen molar-refractivity contribution in [3.63, 3.8) is 0 Å². The normalized spacial score (nSPS) is 18.6. The molecule has 2 aromatic rings. The van der Waals surface area contributed by atoms with Crippen molar-refractivity contribution in [3.05, 3.63) is 84.4 Å². The molecule has 10 heteroatoms. The molecule has 0 aromatic heterocycles. The van der Waals surface area contributed by atoms with E-state index in [-0.39, 0.29) is 36.8 Å². The lowest BCUT2D eigenvalue weighted by Gasteiger charge is -2.27. The van der Waals surface area contributed by atoms with Crippen LogP contribution in [-0.2, 0) is 19.4 Å². The highest BCUT2D eigenvalue weighted by molar-refractivity contribution is 7.92. The van der Waals surface area contributed by atoms with Crippen molar-refractivity contribution in [2.24, 2.45) is 0 Å². The second-order valence-corrected chi connectivity index (χ2v) is 10.6. The number of carbonyl (C=O) groups excluding carboxylic acids is 1. The summed E-state index contributed by atoms with van der Waals surface area (Å²) in [7, 11) is -4.02. The summed E-state index contributed by atoms with van der Waals surface area (Å²) in [6.07, 6.45) is 2.82. The van der Waals surface area contributed by atoms with E-state index in [4.69, 9.17) is 16.3 Å². The van der Waals surface area contributed by atoms with Crippen LogP contribution >= 0.6 is 11.6 Å². The molecule has 0 saturated carbocycles. The molecule has 1 saturated heterocycles. The van der Waals surface area contributed by atoms with Crippen LogP contribution < -0.4 is 10.1 Å². The fourth-order valence-corrected chi connectivity index (χ4v) is 5.96. The van der Waals surface area contributed by atoms with Crippen molar-refractivity contribution in [2.45, 2.75) is 28.6 Å². The number of hydrogen-bond donors (Lipinski definition) is 2. The van der Waals surface area contributed by atoms with Gasteiger partial charge < -0.3 is 14.7 Å². The number of carboxylic acids is 1. The van der Waals surface area contributed by atoms with E-state index in [0.717, 1.165) is 4.90 Å². The van der Waals surface area contributed by atoms with Crippen LogP contribution in [0.15, 0.2) is 78.7 Å². The third kappa shape index (κ3) is 5.93. The fourth-order valence-electron chi connectivity index (χ4n) is 4.00. The van der Waals surface area contributed by atoms with Gasteiger partial charge in [-0.3, -0.25) is 10.1 Å². The van der Waals surface area contributed by atoms with Crippen LogP contribution in [0, 0.1) is 0 Å². The number of ether oxygens (including phenoxy) is 1. The second kappa shape index (κ2) is 11.5. The monoisotopic (exact) mass is 518 g/mol. The SMILES string of the molecule is C=CCN[C@@H](C(=O)N1C[C@H](S(=O)(=O)c2ccccc2OCC=C)C[C@H]1C(=O)O)c1ccc(Cl)cc1. The molecule has 186 valence electrons. The van der Waals surface area contributed by atoms with Gasteiger partial charge in [-0.1, -0.05) is 54.6 Å². The van der Waals surface area contributed by atoms with Crippen molar-refractivity contribution >= 4 is 33.3 Å². The molecule has 1 heterocycles. The van der Waals surface area contributed by atoms with Crippen LogP contribution in [0.2, 0.25) is 5.02 Å². The van der Waals surface area contributed by atoms with Gasteiger partial charge in [0.05, 0.1) is 5.25 Å². The molecular formula is C25H27ClN2O6S. The zero-order valence-electron chi connectivity index (χ0n) is 19.0. The summed E-state index contributed by atoms with van der Waals surface area (Å²) in [4.78, 5) is 26.7. The highest BCUT2D eigenvalue weighted by Gasteiger charge is 2.47. The van der Waals surface area contributed by atoms with Crippen LogP contribution in [0.3, 0.4) is 0 Å². The third-order valence-electron chi connectivity index (χ3n) is 5.70. The van der Waals surface area contributed by atoms with Gasteiger partial charge in [0.25, 0.3) is 0 Å². The molecule has 1 amide bonds. The molecule has 3 atom stereocenters. The van der Waals surface area contributed by atoms with Crippen LogP contribution in [0.1, 0.15) is 18.0 Å². The maximum absolute atomic E-state index is 13.6. The first-order chi connectivity index (χ1) is 16.7. The van der Waals surface area contributed by atoms with E-state index in [1.807, 2.05) is 0 Å². The predicted octanol–water partition coefficient (Wildman–Crippen LogP) is 3.25. The average Bonchev–Trinajstić information content (AvgIpc) is 3.31. The molecule has 1 aliphatic heterocycles. The van der Waals surface area contributed by atoms with Crippen molar-refractivity contribution in [3.8, 4) is 5.75 Å². The Morgan fingerprint density at radius 3 is 2.49 bits per heavy atom. The number of para-hydroxylation sites is 1. The Morgan fingerprint density at radius 1 is 1.17 bits per heavy atom. The molecule has 35 heavy (non-hydrogen) atoms. The molecule has 0 unspecified atom stereocenters. The van der Waals surface area contributed by atoms with E-state index in [2.05, 4.69) is 18.5 Å². The van der Waals surface area contributed by atoms with Gasteiger partial charge in [-0.15, -0.1) is 6.58 Å². The number of hydrogen-bond acceptors (Lipinski definition) is 6. The van der Waals surface area contributed by atoms with E-state index in [1.165, 1.54) is 18.2 Å². The average molecular weight is 519 g/mol. The molecular weight excluding hydrogens is 492 g/mol. The third-order valence-corrected chi connectivity index (χ3v) is 8.12. The number of halogens is 1. The van der Waals surface area contributed by atoms with Gasteiger partial charge in [-0.05, 0) is 36.2 Å². The Labute approximate surface area is 209 Å². The van der Waals surface area contributed by atoms with Gasteiger partial charge in [-0.25, -0.2) is 13.2 Å². The molecule has 3 rings (SSSR count). The molecule has 1 fully saturated rings. The molecule has 8 nitrogen and oxygen atoms in total. The van der Waals surface area contributed by atoms with Gasteiger partial charge in [-0.2, -0.15) is 0 Å². The summed E-state index contributed by atoms with van der Waals surface area (Å²) in [5.74, 6) is -1.67. The number of likely N-dealkylation sites (tertiary alicyclic amines) is 1. The predicted molar refractivity (Wildman–Crippen MR) is 133 cm³/mol. The smallest absolute Gasteiger partial charge is 0.326 e. The number of aliphatic carboxylic acids is 1. The summed E-state index contributed by atoms with van der Waals surface area (Å²) in [5.41, 5.74) is 0.569. The molecule has 0 bridgehead atoms. The first kappa shape index (κ1) is 26.5. The molecule has 2 N–H and O–H groups in total. The van der Waals surface area contributed by atoms with E-state index < -0.39 is 39.0 Å². The first-order valence-electron chi connectivity index (χ1n) is 10.9. The number of carbonyl (C=O) groups is 2. The Bertz CT molecular complexity index is 1200. The van der Waals surface area contributed by atoms with Crippen LogP contribution in [-0.4, -0.2) is 61.3 Å². The molecule has 1 aliphatic rings. The number of nitrogens with zero attached hydrogens (tertiary/aromatic N) is 1. The summed E-state index contributed by atoms with van der Waals surface area (Å²) >= 11 is 5.97. The number of nitrogens with one attached hydrogen (secondary N) is 1. The van der Waals surface area contributed by atoms with Crippen LogP contribution in [0.4, 0.5) is 0 Å². The summed E-state index contributed by atoms with van der Waals surface area (Å²) < 4.78 is 32.6. The Hall–Kier alpha value is -3.14. The van der Waals surface area contributed by atoms with E-state index in [9.17, 15) is 23.1 Å².